The molecule has 1 aromatic heterocycles. The maximum Gasteiger partial charge on any atom is 0.256 e. The van der Waals surface area contributed by atoms with Gasteiger partial charge in [0.2, 0.25) is 0 Å². The van der Waals surface area contributed by atoms with Crippen LogP contribution in [0.5, 0.6) is 11.5 Å². The van der Waals surface area contributed by atoms with Crippen LogP contribution in [0.3, 0.4) is 0 Å². The summed E-state index contributed by atoms with van der Waals surface area (Å²) in [6.45, 7) is 1.56. The largest absolute Gasteiger partial charge is 0.457 e. The number of anilines is 1. The molecule has 1 saturated heterocycles. The highest BCUT2D eigenvalue weighted by Gasteiger charge is 2.39. The van der Waals surface area contributed by atoms with Gasteiger partial charge in [0.05, 0.1) is 0 Å². The highest BCUT2D eigenvalue weighted by molar-refractivity contribution is 5.97. The Morgan fingerprint density at radius 3 is 2.33 bits per heavy atom. The van der Waals surface area contributed by atoms with Gasteiger partial charge in [-0.3, -0.25) is 9.78 Å². The van der Waals surface area contributed by atoms with E-state index in [9.17, 15) is 4.79 Å². The predicted octanol–water partition coefficient (Wildman–Crippen LogP) is 2.58. The highest BCUT2D eigenvalue weighted by atomic mass is 16.5. The first-order chi connectivity index (χ1) is 11.7. The Hall–Kier alpha value is -2.44. The molecule has 24 heavy (non-hydrogen) atoms. The molecule has 0 spiro atoms. The second-order valence-corrected chi connectivity index (χ2v) is 5.71. The van der Waals surface area contributed by atoms with Crippen LogP contribution in [0, 0.1) is 0 Å². The molecular formula is C18H21N3O3. The molecule has 1 aromatic carbocycles. The number of hydrogen-bond donors (Lipinski definition) is 2. The van der Waals surface area contributed by atoms with Gasteiger partial charge in [-0.1, -0.05) is 0 Å². The molecule has 1 amide bonds. The summed E-state index contributed by atoms with van der Waals surface area (Å²) in [6, 6.07) is 10.8. The van der Waals surface area contributed by atoms with Gasteiger partial charge in [0.25, 0.3) is 5.91 Å². The lowest BCUT2D eigenvalue weighted by molar-refractivity contribution is -0.140. The number of aromatic nitrogens is 1. The predicted molar refractivity (Wildman–Crippen MR) is 91.2 cm³/mol. The van der Waals surface area contributed by atoms with E-state index in [2.05, 4.69) is 15.6 Å². The van der Waals surface area contributed by atoms with Gasteiger partial charge in [0.15, 0.2) is 0 Å². The Bertz CT molecular complexity index is 668. The summed E-state index contributed by atoms with van der Waals surface area (Å²) in [5, 5.41) is 6.18. The van der Waals surface area contributed by atoms with Crippen LogP contribution in [-0.4, -0.2) is 36.7 Å². The minimum Gasteiger partial charge on any atom is -0.457 e. The van der Waals surface area contributed by atoms with Gasteiger partial charge in [0, 0.05) is 25.2 Å². The molecule has 0 bridgehead atoms. The monoisotopic (exact) mass is 327 g/mol. The number of carbonyl (C=O) groups excluding carboxylic acids is 1. The van der Waals surface area contributed by atoms with Gasteiger partial charge in [-0.25, -0.2) is 0 Å². The molecule has 126 valence electrons. The molecule has 1 aliphatic rings. The van der Waals surface area contributed by atoms with Gasteiger partial charge in [-0.05, 0) is 62.3 Å². The van der Waals surface area contributed by atoms with Crippen molar-refractivity contribution in [3.05, 3.63) is 48.8 Å². The highest BCUT2D eigenvalue weighted by Crippen LogP contribution is 2.26. The van der Waals surface area contributed by atoms with Crippen molar-refractivity contribution >= 4 is 11.6 Å². The SMILES string of the molecule is COC1(C(=O)Nc2ccc(Oc3ccncc3)cc2)CCNCC1. The molecule has 2 N–H and O–H groups in total. The number of pyridine rings is 1. The minimum atomic E-state index is -0.753. The van der Waals surface area contributed by atoms with Crippen molar-refractivity contribution < 1.29 is 14.3 Å². The zero-order valence-electron chi connectivity index (χ0n) is 13.6. The zero-order chi connectivity index (χ0) is 16.8. The summed E-state index contributed by atoms with van der Waals surface area (Å²) in [5.74, 6) is 1.31. The number of piperidine rings is 1. The molecule has 6 heteroatoms. The second-order valence-electron chi connectivity index (χ2n) is 5.71. The standard InChI is InChI=1S/C18H21N3O3/c1-23-18(8-12-20-13-9-18)17(22)21-14-2-4-15(5-3-14)24-16-6-10-19-11-7-16/h2-7,10-11,20H,8-9,12-13H2,1H3,(H,21,22). The van der Waals surface area contributed by atoms with Crippen LogP contribution < -0.4 is 15.4 Å². The fourth-order valence-electron chi connectivity index (χ4n) is 2.75. The summed E-state index contributed by atoms with van der Waals surface area (Å²) >= 11 is 0. The van der Waals surface area contributed by atoms with Crippen molar-refractivity contribution in [1.82, 2.24) is 10.3 Å². The maximum atomic E-state index is 12.6. The third kappa shape index (κ3) is 3.72. The first-order valence-corrected chi connectivity index (χ1v) is 7.97. The normalized spacial score (nSPS) is 16.4. The Labute approximate surface area is 141 Å². The van der Waals surface area contributed by atoms with E-state index in [1.54, 1.807) is 31.6 Å². The lowest BCUT2D eigenvalue weighted by Crippen LogP contribution is -2.51. The van der Waals surface area contributed by atoms with E-state index in [0.29, 0.717) is 18.6 Å². The van der Waals surface area contributed by atoms with Crippen molar-refractivity contribution in [2.45, 2.75) is 18.4 Å². The van der Waals surface area contributed by atoms with E-state index in [1.165, 1.54) is 0 Å². The number of hydrogen-bond acceptors (Lipinski definition) is 5. The summed E-state index contributed by atoms with van der Waals surface area (Å²) in [7, 11) is 1.59. The van der Waals surface area contributed by atoms with Crippen LogP contribution in [-0.2, 0) is 9.53 Å². The topological polar surface area (TPSA) is 72.5 Å². The second kappa shape index (κ2) is 7.42. The molecule has 2 aromatic rings. The van der Waals surface area contributed by atoms with Gasteiger partial charge < -0.3 is 20.1 Å². The van der Waals surface area contributed by atoms with Crippen LogP contribution in [0.15, 0.2) is 48.8 Å². The average molecular weight is 327 g/mol. The molecule has 3 rings (SSSR count). The zero-order valence-corrected chi connectivity index (χ0v) is 13.6. The third-order valence-corrected chi connectivity index (χ3v) is 4.21. The molecule has 6 nitrogen and oxygen atoms in total. The summed E-state index contributed by atoms with van der Waals surface area (Å²) in [6.07, 6.45) is 4.68. The van der Waals surface area contributed by atoms with Crippen molar-refractivity contribution in [3.8, 4) is 11.5 Å². The number of carbonyl (C=O) groups is 1. The molecule has 0 saturated carbocycles. The molecular weight excluding hydrogens is 306 g/mol. The van der Waals surface area contributed by atoms with Crippen LogP contribution in [0.2, 0.25) is 0 Å². The van der Waals surface area contributed by atoms with Crippen LogP contribution >= 0.6 is 0 Å². The van der Waals surface area contributed by atoms with Crippen LogP contribution in [0.1, 0.15) is 12.8 Å². The molecule has 1 fully saturated rings. The molecule has 0 aliphatic carbocycles. The third-order valence-electron chi connectivity index (χ3n) is 4.21. The van der Waals surface area contributed by atoms with Crippen molar-refractivity contribution in [2.24, 2.45) is 0 Å². The average Bonchev–Trinajstić information content (AvgIpc) is 2.64. The van der Waals surface area contributed by atoms with Gasteiger partial charge in [-0.15, -0.1) is 0 Å². The molecule has 0 radical (unpaired) electrons. The van der Waals surface area contributed by atoms with E-state index in [0.717, 1.165) is 24.5 Å². The Balaban J connectivity index is 1.64. The van der Waals surface area contributed by atoms with Gasteiger partial charge in [0.1, 0.15) is 17.1 Å². The Morgan fingerprint density at radius 1 is 1.08 bits per heavy atom. The van der Waals surface area contributed by atoms with E-state index in [1.807, 2.05) is 24.3 Å². The molecule has 2 heterocycles. The number of rotatable bonds is 5. The smallest absolute Gasteiger partial charge is 0.256 e. The molecule has 0 atom stereocenters. The summed E-state index contributed by atoms with van der Waals surface area (Å²) in [4.78, 5) is 16.5. The molecule has 0 unspecified atom stereocenters. The van der Waals surface area contributed by atoms with Crippen LogP contribution in [0.25, 0.3) is 0 Å². The summed E-state index contributed by atoms with van der Waals surface area (Å²) < 4.78 is 11.2. The fraction of sp³-hybridized carbons (Fsp3) is 0.333. The molecule has 1 aliphatic heterocycles. The Morgan fingerprint density at radius 2 is 1.71 bits per heavy atom. The first kappa shape index (κ1) is 16.4. The van der Waals surface area contributed by atoms with E-state index in [4.69, 9.17) is 9.47 Å². The maximum absolute atomic E-state index is 12.6. The van der Waals surface area contributed by atoms with Crippen molar-refractivity contribution in [2.75, 3.05) is 25.5 Å². The Kier molecular flexibility index (Phi) is 5.08. The van der Waals surface area contributed by atoms with Crippen molar-refractivity contribution in [3.63, 3.8) is 0 Å². The summed E-state index contributed by atoms with van der Waals surface area (Å²) in [5.41, 5.74) is -0.0330. The number of amides is 1. The van der Waals surface area contributed by atoms with Gasteiger partial charge >= 0.3 is 0 Å². The number of nitrogens with one attached hydrogen (secondary N) is 2. The first-order valence-electron chi connectivity index (χ1n) is 7.97. The number of benzene rings is 1. The number of methoxy groups -OCH3 is 1. The quantitative estimate of drug-likeness (QED) is 0.883. The number of ether oxygens (including phenoxy) is 2. The van der Waals surface area contributed by atoms with Gasteiger partial charge in [-0.2, -0.15) is 0 Å². The minimum absolute atomic E-state index is 0.102. The fourth-order valence-corrected chi connectivity index (χ4v) is 2.75. The lowest BCUT2D eigenvalue weighted by Gasteiger charge is -2.34. The van der Waals surface area contributed by atoms with Crippen molar-refractivity contribution in [1.29, 1.82) is 0 Å². The van der Waals surface area contributed by atoms with E-state index in [-0.39, 0.29) is 5.91 Å². The lowest BCUT2D eigenvalue weighted by atomic mass is 9.91. The van der Waals surface area contributed by atoms with E-state index < -0.39 is 5.60 Å². The van der Waals surface area contributed by atoms with E-state index >= 15 is 0 Å². The number of nitrogens with zero attached hydrogens (tertiary/aromatic N) is 1. The van der Waals surface area contributed by atoms with Crippen LogP contribution in [0.4, 0.5) is 5.69 Å².